The molecule has 4 heteroatoms. The van der Waals surface area contributed by atoms with Crippen LogP contribution in [0.15, 0.2) is 0 Å². The Labute approximate surface area is 125 Å². The lowest BCUT2D eigenvalue weighted by molar-refractivity contribution is 0.140. The van der Waals surface area contributed by atoms with Crippen LogP contribution in [0, 0.1) is 17.3 Å². The van der Waals surface area contributed by atoms with E-state index in [0.29, 0.717) is 11.7 Å². The van der Waals surface area contributed by atoms with Crippen LogP contribution in [0.25, 0.3) is 0 Å². The molecule has 3 unspecified atom stereocenters. The fraction of sp³-hybridized carbons (Fsp3) is 1.00. The van der Waals surface area contributed by atoms with Crippen LogP contribution in [0.5, 0.6) is 0 Å². The summed E-state index contributed by atoms with van der Waals surface area (Å²) in [6.07, 6.45) is 4.05. The first-order valence-corrected chi connectivity index (χ1v) is 9.74. The average molecular weight is 304 g/mol. The molecule has 1 aliphatic rings. The summed E-state index contributed by atoms with van der Waals surface area (Å²) in [7, 11) is -1.11. The molecule has 0 amide bonds. The first-order valence-electron chi connectivity index (χ1n) is 8.02. The highest BCUT2D eigenvalue weighted by atomic mass is 32.2. The molecule has 0 aromatic heterocycles. The van der Waals surface area contributed by atoms with Crippen molar-refractivity contribution in [1.29, 1.82) is 0 Å². The fourth-order valence-corrected chi connectivity index (χ4v) is 5.92. The van der Waals surface area contributed by atoms with E-state index in [9.17, 15) is 8.42 Å². The molecule has 0 saturated heterocycles. The fourth-order valence-electron chi connectivity index (χ4n) is 3.44. The third-order valence-corrected chi connectivity index (χ3v) is 7.78. The Balaban J connectivity index is 2.95. The molecule has 3 atom stereocenters. The molecule has 1 N–H and O–H groups in total. The Morgan fingerprint density at radius 1 is 1.25 bits per heavy atom. The predicted molar refractivity (Wildman–Crippen MR) is 86.7 cm³/mol. The largest absolute Gasteiger partial charge is 0.316 e. The van der Waals surface area contributed by atoms with Crippen LogP contribution < -0.4 is 5.32 Å². The molecule has 1 aliphatic carbocycles. The number of hydrogen-bond donors (Lipinski definition) is 1. The molecular weight excluding hydrogens is 270 g/mol. The maximum absolute atomic E-state index is 12.7. The van der Waals surface area contributed by atoms with Crippen LogP contribution in [-0.4, -0.2) is 32.5 Å². The van der Waals surface area contributed by atoms with Crippen molar-refractivity contribution in [2.75, 3.05) is 12.8 Å². The number of sulfone groups is 1. The molecule has 3 nitrogen and oxygen atoms in total. The highest BCUT2D eigenvalue weighted by molar-refractivity contribution is 7.92. The first-order chi connectivity index (χ1) is 9.14. The quantitative estimate of drug-likeness (QED) is 0.819. The second-order valence-electron chi connectivity index (χ2n) is 7.51. The van der Waals surface area contributed by atoms with Crippen molar-refractivity contribution in [3.05, 3.63) is 0 Å². The Morgan fingerprint density at radius 2 is 1.85 bits per heavy atom. The van der Waals surface area contributed by atoms with E-state index in [0.717, 1.165) is 25.7 Å². The Hall–Kier alpha value is -0.0900. The molecule has 0 heterocycles. The molecular formula is C16H33NO2S. The van der Waals surface area contributed by atoms with E-state index in [1.54, 1.807) is 0 Å². The van der Waals surface area contributed by atoms with Crippen LogP contribution in [0.3, 0.4) is 0 Å². The Kier molecular flexibility index (Phi) is 6.09. The van der Waals surface area contributed by atoms with Gasteiger partial charge in [0.25, 0.3) is 0 Å². The molecule has 0 bridgehead atoms. The van der Waals surface area contributed by atoms with Crippen molar-refractivity contribution in [3.63, 3.8) is 0 Å². The zero-order valence-corrected chi connectivity index (χ0v) is 14.9. The smallest absolute Gasteiger partial charge is 0.154 e. The summed E-state index contributed by atoms with van der Waals surface area (Å²) in [5, 5.41) is 3.04. The molecule has 0 aromatic carbocycles. The van der Waals surface area contributed by atoms with Gasteiger partial charge in [-0.05, 0) is 43.6 Å². The van der Waals surface area contributed by atoms with Gasteiger partial charge in [-0.1, -0.05) is 41.0 Å². The summed E-state index contributed by atoms with van der Waals surface area (Å²) >= 11 is 0. The van der Waals surface area contributed by atoms with Crippen LogP contribution in [-0.2, 0) is 9.84 Å². The standard InChI is InChI=1S/C16H33NO2S/c1-7-16(4,5)13-8-9-14(17-6)15(10-13)20(18,19)11-12(2)3/h12-15,17H,7-11H2,1-6H3. The maximum atomic E-state index is 12.7. The lowest BCUT2D eigenvalue weighted by Gasteiger charge is -2.42. The van der Waals surface area contributed by atoms with Gasteiger partial charge in [0.15, 0.2) is 9.84 Å². The van der Waals surface area contributed by atoms with Gasteiger partial charge in [-0.15, -0.1) is 0 Å². The van der Waals surface area contributed by atoms with Crippen LogP contribution in [0.1, 0.15) is 60.3 Å². The van der Waals surface area contributed by atoms with Gasteiger partial charge in [-0.3, -0.25) is 0 Å². The summed E-state index contributed by atoms with van der Waals surface area (Å²) < 4.78 is 25.4. The second-order valence-corrected chi connectivity index (χ2v) is 9.77. The highest BCUT2D eigenvalue weighted by Crippen LogP contribution is 2.42. The molecule has 1 fully saturated rings. The molecule has 0 aromatic rings. The second kappa shape index (κ2) is 6.78. The van der Waals surface area contributed by atoms with Crippen LogP contribution in [0.2, 0.25) is 0 Å². The van der Waals surface area contributed by atoms with Gasteiger partial charge in [0.2, 0.25) is 0 Å². The third-order valence-electron chi connectivity index (χ3n) is 5.21. The topological polar surface area (TPSA) is 46.2 Å². The first kappa shape index (κ1) is 18.0. The molecule has 0 aliphatic heterocycles. The van der Waals surface area contributed by atoms with Crippen LogP contribution in [0.4, 0.5) is 0 Å². The highest BCUT2D eigenvalue weighted by Gasteiger charge is 2.42. The Morgan fingerprint density at radius 3 is 2.30 bits per heavy atom. The molecule has 120 valence electrons. The number of nitrogens with one attached hydrogen (secondary N) is 1. The molecule has 0 radical (unpaired) electrons. The third kappa shape index (κ3) is 4.20. The van der Waals surface area contributed by atoms with Crippen molar-refractivity contribution in [3.8, 4) is 0 Å². The lowest BCUT2D eigenvalue weighted by atomic mass is 9.68. The van der Waals surface area contributed by atoms with Crippen molar-refractivity contribution in [2.24, 2.45) is 17.3 Å². The summed E-state index contributed by atoms with van der Waals surface area (Å²) in [5.41, 5.74) is 0.240. The van der Waals surface area contributed by atoms with Crippen molar-refractivity contribution >= 4 is 9.84 Å². The van der Waals surface area contributed by atoms with Gasteiger partial charge >= 0.3 is 0 Å². The lowest BCUT2D eigenvalue weighted by Crippen LogP contribution is -2.49. The summed E-state index contributed by atoms with van der Waals surface area (Å²) in [5.74, 6) is 1.04. The van der Waals surface area contributed by atoms with Gasteiger partial charge < -0.3 is 5.32 Å². The maximum Gasteiger partial charge on any atom is 0.154 e. The van der Waals surface area contributed by atoms with Gasteiger partial charge in [-0.2, -0.15) is 0 Å². The van der Waals surface area contributed by atoms with Crippen LogP contribution >= 0.6 is 0 Å². The van der Waals surface area contributed by atoms with E-state index in [4.69, 9.17) is 0 Å². The van der Waals surface area contributed by atoms with E-state index in [1.165, 1.54) is 0 Å². The molecule has 20 heavy (non-hydrogen) atoms. The van der Waals surface area contributed by atoms with E-state index < -0.39 is 9.84 Å². The minimum absolute atomic E-state index is 0.127. The summed E-state index contributed by atoms with van der Waals surface area (Å²) in [6, 6.07) is 0.127. The van der Waals surface area contributed by atoms with Crippen molar-refractivity contribution < 1.29 is 8.42 Å². The molecule has 1 rings (SSSR count). The average Bonchev–Trinajstić information content (AvgIpc) is 2.36. The molecule has 0 spiro atoms. The summed E-state index contributed by atoms with van der Waals surface area (Å²) in [4.78, 5) is 0. The van der Waals surface area contributed by atoms with E-state index in [2.05, 4.69) is 26.1 Å². The molecule has 1 saturated carbocycles. The van der Waals surface area contributed by atoms with E-state index in [-0.39, 0.29) is 22.6 Å². The summed E-state index contributed by atoms with van der Waals surface area (Å²) in [6.45, 7) is 10.7. The zero-order valence-electron chi connectivity index (χ0n) is 14.1. The van der Waals surface area contributed by atoms with Crippen molar-refractivity contribution in [1.82, 2.24) is 5.32 Å². The van der Waals surface area contributed by atoms with Gasteiger partial charge in [0, 0.05) is 6.04 Å². The minimum atomic E-state index is -3.01. The van der Waals surface area contributed by atoms with Gasteiger partial charge in [-0.25, -0.2) is 8.42 Å². The number of rotatable bonds is 6. The van der Waals surface area contributed by atoms with Gasteiger partial charge in [0.05, 0.1) is 11.0 Å². The zero-order chi connectivity index (χ0) is 15.6. The van der Waals surface area contributed by atoms with Crippen molar-refractivity contribution in [2.45, 2.75) is 71.6 Å². The van der Waals surface area contributed by atoms with E-state index in [1.807, 2.05) is 20.9 Å². The normalized spacial score (nSPS) is 28.9. The monoisotopic (exact) mass is 303 g/mol. The van der Waals surface area contributed by atoms with E-state index >= 15 is 0 Å². The predicted octanol–water partition coefficient (Wildman–Crippen LogP) is 3.25. The Bertz CT molecular complexity index is 401. The minimum Gasteiger partial charge on any atom is -0.316 e. The SMILES string of the molecule is CCC(C)(C)C1CCC(NC)C(S(=O)(=O)CC(C)C)C1. The van der Waals surface area contributed by atoms with Gasteiger partial charge in [0.1, 0.15) is 0 Å². The number of hydrogen-bond acceptors (Lipinski definition) is 3.